The average Bonchev–Trinajstić information content (AvgIpc) is 2.96. The van der Waals surface area contributed by atoms with Crippen molar-refractivity contribution in [3.05, 3.63) is 11.1 Å². The first-order valence-electron chi connectivity index (χ1n) is 8.27. The number of anilines is 1. The number of thiazole rings is 1. The lowest BCUT2D eigenvalue weighted by Crippen LogP contribution is -2.41. The van der Waals surface area contributed by atoms with Crippen molar-refractivity contribution in [1.82, 2.24) is 10.3 Å². The highest BCUT2D eigenvalue weighted by Gasteiger charge is 2.31. The zero-order chi connectivity index (χ0) is 13.8. The maximum Gasteiger partial charge on any atom is 0.185 e. The molecule has 4 heteroatoms. The third-order valence-electron chi connectivity index (χ3n) is 4.83. The van der Waals surface area contributed by atoms with Crippen LogP contribution in [-0.2, 0) is 6.54 Å². The number of hydrogen-bond acceptors (Lipinski definition) is 4. The number of nitrogens with zero attached hydrogens (tertiary/aromatic N) is 2. The molecule has 2 heterocycles. The fourth-order valence-electron chi connectivity index (χ4n) is 3.69. The monoisotopic (exact) mass is 293 g/mol. The summed E-state index contributed by atoms with van der Waals surface area (Å²) >= 11 is 1.83. The summed E-state index contributed by atoms with van der Waals surface area (Å²) in [6, 6.07) is 0. The van der Waals surface area contributed by atoms with Crippen LogP contribution in [0.3, 0.4) is 0 Å². The van der Waals surface area contributed by atoms with Gasteiger partial charge in [-0.05, 0) is 37.6 Å². The first-order chi connectivity index (χ1) is 9.86. The first kappa shape index (κ1) is 14.3. The molecule has 3 rings (SSSR count). The number of fused-ring (bicyclic) bond motifs is 1. The highest BCUT2D eigenvalue weighted by atomic mass is 32.1. The van der Waals surface area contributed by atoms with E-state index in [-0.39, 0.29) is 0 Å². The van der Waals surface area contributed by atoms with Crippen LogP contribution in [0, 0.1) is 11.8 Å². The Bertz CT molecular complexity index is 418. The Morgan fingerprint density at radius 2 is 2.15 bits per heavy atom. The van der Waals surface area contributed by atoms with Gasteiger partial charge >= 0.3 is 0 Å². The minimum Gasteiger partial charge on any atom is -0.348 e. The van der Waals surface area contributed by atoms with E-state index in [0.717, 1.165) is 24.9 Å². The standard InChI is InChI=1S/C16H27N3S/c1-2-8-17-10-15-12-20-16(18-15)19-9-7-13-5-3-4-6-14(13)11-19/h12-14,17H,2-11H2,1H3. The molecule has 1 N–H and O–H groups in total. The largest absolute Gasteiger partial charge is 0.348 e. The van der Waals surface area contributed by atoms with Gasteiger partial charge in [-0.2, -0.15) is 0 Å². The fourth-order valence-corrected chi connectivity index (χ4v) is 4.55. The summed E-state index contributed by atoms with van der Waals surface area (Å²) in [6.07, 6.45) is 8.39. The van der Waals surface area contributed by atoms with Gasteiger partial charge in [0.05, 0.1) is 5.69 Å². The number of hydrogen-bond donors (Lipinski definition) is 1. The van der Waals surface area contributed by atoms with Crippen LogP contribution < -0.4 is 10.2 Å². The van der Waals surface area contributed by atoms with Gasteiger partial charge in [-0.3, -0.25) is 0 Å². The normalized spacial score (nSPS) is 26.6. The van der Waals surface area contributed by atoms with Crippen LogP contribution in [-0.4, -0.2) is 24.6 Å². The van der Waals surface area contributed by atoms with Crippen molar-refractivity contribution in [3.8, 4) is 0 Å². The highest BCUT2D eigenvalue weighted by molar-refractivity contribution is 7.13. The van der Waals surface area contributed by atoms with Crippen LogP contribution in [0.5, 0.6) is 0 Å². The molecule has 1 aliphatic carbocycles. The lowest BCUT2D eigenvalue weighted by atomic mass is 9.75. The molecular formula is C16H27N3S. The summed E-state index contributed by atoms with van der Waals surface area (Å²) in [4.78, 5) is 7.37. The summed E-state index contributed by atoms with van der Waals surface area (Å²) in [5.74, 6) is 1.94. The van der Waals surface area contributed by atoms with Crippen molar-refractivity contribution in [2.24, 2.45) is 11.8 Å². The van der Waals surface area contributed by atoms with Crippen LogP contribution in [0.15, 0.2) is 5.38 Å². The number of rotatable bonds is 5. The topological polar surface area (TPSA) is 28.2 Å². The molecule has 0 spiro atoms. The van der Waals surface area contributed by atoms with Gasteiger partial charge in [-0.1, -0.05) is 26.2 Å². The molecule has 1 aromatic rings. The Labute approximate surface area is 126 Å². The lowest BCUT2D eigenvalue weighted by molar-refractivity contribution is 0.202. The molecule has 2 aliphatic rings. The van der Waals surface area contributed by atoms with Crippen molar-refractivity contribution in [3.63, 3.8) is 0 Å². The van der Waals surface area contributed by atoms with Gasteiger partial charge in [-0.25, -0.2) is 4.98 Å². The predicted octanol–water partition coefficient (Wildman–Crippen LogP) is 3.66. The molecule has 0 radical (unpaired) electrons. The molecule has 112 valence electrons. The molecule has 1 saturated heterocycles. The van der Waals surface area contributed by atoms with Crippen LogP contribution in [0.25, 0.3) is 0 Å². The van der Waals surface area contributed by atoms with Crippen molar-refractivity contribution in [2.75, 3.05) is 24.5 Å². The maximum absolute atomic E-state index is 4.83. The third-order valence-corrected chi connectivity index (χ3v) is 5.78. The van der Waals surface area contributed by atoms with Gasteiger partial charge in [0.25, 0.3) is 0 Å². The Morgan fingerprint density at radius 3 is 3.00 bits per heavy atom. The molecule has 20 heavy (non-hydrogen) atoms. The molecule has 0 aromatic carbocycles. The van der Waals surface area contributed by atoms with Crippen molar-refractivity contribution in [2.45, 2.75) is 52.0 Å². The summed E-state index contributed by atoms with van der Waals surface area (Å²) < 4.78 is 0. The molecule has 2 unspecified atom stereocenters. The van der Waals surface area contributed by atoms with Crippen LogP contribution in [0.1, 0.15) is 51.1 Å². The van der Waals surface area contributed by atoms with Gasteiger partial charge in [0.1, 0.15) is 0 Å². The summed E-state index contributed by atoms with van der Waals surface area (Å²) in [5, 5.41) is 6.92. The average molecular weight is 293 g/mol. The molecule has 2 fully saturated rings. The van der Waals surface area contributed by atoms with Gasteiger partial charge < -0.3 is 10.2 Å². The molecular weight excluding hydrogens is 266 g/mol. The van der Waals surface area contributed by atoms with Crippen molar-refractivity contribution >= 4 is 16.5 Å². The second kappa shape index (κ2) is 6.90. The van der Waals surface area contributed by atoms with E-state index in [1.54, 1.807) is 0 Å². The summed E-state index contributed by atoms with van der Waals surface area (Å²) in [5.41, 5.74) is 1.21. The van der Waals surface area contributed by atoms with Gasteiger partial charge in [0, 0.05) is 25.0 Å². The van der Waals surface area contributed by atoms with E-state index in [9.17, 15) is 0 Å². The number of nitrogens with one attached hydrogen (secondary N) is 1. The van der Waals surface area contributed by atoms with Crippen LogP contribution >= 0.6 is 11.3 Å². The van der Waals surface area contributed by atoms with Gasteiger partial charge in [-0.15, -0.1) is 11.3 Å². The fraction of sp³-hybridized carbons (Fsp3) is 0.812. The smallest absolute Gasteiger partial charge is 0.185 e. The van der Waals surface area contributed by atoms with Crippen molar-refractivity contribution < 1.29 is 0 Å². The lowest BCUT2D eigenvalue weighted by Gasteiger charge is -2.41. The Kier molecular flexibility index (Phi) is 4.94. The first-order valence-corrected chi connectivity index (χ1v) is 9.15. The van der Waals surface area contributed by atoms with Crippen molar-refractivity contribution in [1.29, 1.82) is 0 Å². The Morgan fingerprint density at radius 1 is 1.30 bits per heavy atom. The van der Waals surface area contributed by atoms with E-state index in [4.69, 9.17) is 4.98 Å². The molecule has 1 saturated carbocycles. The quantitative estimate of drug-likeness (QED) is 0.840. The maximum atomic E-state index is 4.83. The SMILES string of the molecule is CCCNCc1csc(N2CCC3CCCCC3C2)n1. The minimum absolute atomic E-state index is 0.921. The zero-order valence-electron chi connectivity index (χ0n) is 12.6. The van der Waals surface area contributed by atoms with Crippen LogP contribution in [0.4, 0.5) is 5.13 Å². The van der Waals surface area contributed by atoms with E-state index in [1.165, 1.54) is 62.4 Å². The van der Waals surface area contributed by atoms with E-state index in [0.29, 0.717) is 0 Å². The second-order valence-electron chi connectivity index (χ2n) is 6.34. The molecule has 0 amide bonds. The van der Waals surface area contributed by atoms with Gasteiger partial charge in [0.15, 0.2) is 5.13 Å². The second-order valence-corrected chi connectivity index (χ2v) is 7.17. The Balaban J connectivity index is 1.56. The predicted molar refractivity (Wildman–Crippen MR) is 86.4 cm³/mol. The molecule has 0 bridgehead atoms. The molecule has 1 aromatic heterocycles. The van der Waals surface area contributed by atoms with E-state index in [2.05, 4.69) is 22.5 Å². The third kappa shape index (κ3) is 3.34. The summed E-state index contributed by atoms with van der Waals surface area (Å²) in [6.45, 7) is 6.68. The summed E-state index contributed by atoms with van der Waals surface area (Å²) in [7, 11) is 0. The number of piperidine rings is 1. The van der Waals surface area contributed by atoms with E-state index < -0.39 is 0 Å². The van der Waals surface area contributed by atoms with Crippen LogP contribution in [0.2, 0.25) is 0 Å². The van der Waals surface area contributed by atoms with E-state index >= 15 is 0 Å². The minimum atomic E-state index is 0.921. The molecule has 1 aliphatic heterocycles. The molecule has 3 nitrogen and oxygen atoms in total. The van der Waals surface area contributed by atoms with Gasteiger partial charge in [0.2, 0.25) is 0 Å². The molecule has 2 atom stereocenters. The number of aromatic nitrogens is 1. The zero-order valence-corrected chi connectivity index (χ0v) is 13.4. The highest BCUT2D eigenvalue weighted by Crippen LogP contribution is 2.38. The van der Waals surface area contributed by atoms with E-state index in [1.807, 2.05) is 11.3 Å². The Hall–Kier alpha value is -0.610.